The summed E-state index contributed by atoms with van der Waals surface area (Å²) in [5, 5.41) is 13.0. The average Bonchev–Trinajstić information content (AvgIpc) is 3.23. The number of benzene rings is 7. The fraction of sp³-hybridized carbons (Fsp3) is 0.0392. The predicted molar refractivity (Wildman–Crippen MR) is 222 cm³/mol. The SMILES string of the molecule is C[n+]1c2ccc3ccc4ccc([n+](C)c4c31)-c1ccc(cc1)-c1ccc(cc1)-c1cccc(c1C(=O)O)-c1cccc(c1)-c1ccc(cc1)-c1ccc-2cc1. The lowest BCUT2D eigenvalue weighted by Gasteiger charge is -2.14. The highest BCUT2D eigenvalue weighted by Crippen LogP contribution is 2.36. The summed E-state index contributed by atoms with van der Waals surface area (Å²) in [6.45, 7) is 0. The van der Waals surface area contributed by atoms with Crippen molar-refractivity contribution in [1.82, 2.24) is 0 Å². The van der Waals surface area contributed by atoms with Gasteiger partial charge in [0.15, 0.2) is 0 Å². The Labute approximate surface area is 319 Å². The van der Waals surface area contributed by atoms with Gasteiger partial charge in [-0.1, -0.05) is 109 Å². The molecular weight excluding hydrogens is 673 g/mol. The summed E-state index contributed by atoms with van der Waals surface area (Å²) in [6, 6.07) is 61.5. The molecule has 1 N–H and O–H groups in total. The molecule has 0 fully saturated rings. The second-order valence-electron chi connectivity index (χ2n) is 14.4. The highest BCUT2D eigenvalue weighted by Gasteiger charge is 2.25. The number of pyridine rings is 2. The van der Waals surface area contributed by atoms with E-state index in [0.717, 1.165) is 67.0 Å². The Morgan fingerprint density at radius 1 is 0.382 bits per heavy atom. The minimum Gasteiger partial charge on any atom is -0.478 e. The Balaban J connectivity index is 1.18. The van der Waals surface area contributed by atoms with Crippen molar-refractivity contribution in [2.24, 2.45) is 14.1 Å². The van der Waals surface area contributed by atoms with Gasteiger partial charge in [-0.15, -0.1) is 0 Å². The maximum absolute atomic E-state index is 12.9. The summed E-state index contributed by atoms with van der Waals surface area (Å²) < 4.78 is 4.65. The number of aromatic nitrogens is 2. The molecule has 7 aromatic carbocycles. The van der Waals surface area contributed by atoms with Crippen LogP contribution >= 0.6 is 0 Å². The van der Waals surface area contributed by atoms with Gasteiger partial charge in [-0.2, -0.15) is 9.13 Å². The quantitative estimate of drug-likeness (QED) is 0.136. The summed E-state index contributed by atoms with van der Waals surface area (Å²) >= 11 is 0. The van der Waals surface area contributed by atoms with Crippen LogP contribution in [0.1, 0.15) is 10.4 Å². The van der Waals surface area contributed by atoms with Crippen molar-refractivity contribution >= 4 is 27.8 Å². The number of carboxylic acid groups (broad SMARTS) is 1. The van der Waals surface area contributed by atoms with E-state index in [4.69, 9.17) is 0 Å². The minimum absolute atomic E-state index is 0.295. The number of carboxylic acids is 1. The summed E-state index contributed by atoms with van der Waals surface area (Å²) in [6.07, 6.45) is 0. The molecule has 16 bridgehead atoms. The molecule has 7 aliphatic heterocycles. The van der Waals surface area contributed by atoms with Crippen LogP contribution in [0, 0.1) is 0 Å². The van der Waals surface area contributed by atoms with Crippen molar-refractivity contribution in [1.29, 1.82) is 0 Å². The lowest BCUT2D eigenvalue weighted by molar-refractivity contribution is -0.652. The average molecular weight is 709 g/mol. The molecule has 0 amide bonds. The molecule has 55 heavy (non-hydrogen) atoms. The largest absolute Gasteiger partial charge is 0.478 e. The van der Waals surface area contributed by atoms with E-state index in [9.17, 15) is 9.90 Å². The van der Waals surface area contributed by atoms with Crippen LogP contribution in [0.25, 0.3) is 100.0 Å². The second-order valence-corrected chi connectivity index (χ2v) is 14.4. The van der Waals surface area contributed by atoms with Gasteiger partial charge in [0.05, 0.1) is 16.3 Å². The zero-order valence-corrected chi connectivity index (χ0v) is 30.5. The first-order valence-corrected chi connectivity index (χ1v) is 18.5. The first-order valence-electron chi connectivity index (χ1n) is 18.5. The van der Waals surface area contributed by atoms with Crippen molar-refractivity contribution < 1.29 is 19.0 Å². The highest BCUT2D eigenvalue weighted by molar-refractivity contribution is 6.04. The number of carbonyl (C=O) groups is 1. The Bertz CT molecular complexity index is 2980. The maximum Gasteiger partial charge on any atom is 0.336 e. The molecule has 9 aromatic rings. The molecule has 2 aromatic heterocycles. The van der Waals surface area contributed by atoms with Crippen molar-refractivity contribution in [2.45, 2.75) is 0 Å². The van der Waals surface area contributed by atoms with E-state index < -0.39 is 5.97 Å². The zero-order valence-electron chi connectivity index (χ0n) is 30.5. The maximum atomic E-state index is 12.9. The van der Waals surface area contributed by atoms with Crippen LogP contribution in [0.4, 0.5) is 0 Å². The van der Waals surface area contributed by atoms with Gasteiger partial charge in [0.1, 0.15) is 14.1 Å². The molecule has 260 valence electrons. The van der Waals surface area contributed by atoms with Crippen LogP contribution in [-0.2, 0) is 14.1 Å². The first-order chi connectivity index (χ1) is 26.9. The number of hydrogen-bond acceptors (Lipinski definition) is 1. The number of aryl methyl sites for hydroxylation is 2. The van der Waals surface area contributed by atoms with E-state index >= 15 is 0 Å². The Kier molecular flexibility index (Phi) is 7.53. The second kappa shape index (κ2) is 12.8. The number of aromatic carboxylic acids is 1. The van der Waals surface area contributed by atoms with Crippen molar-refractivity contribution in [2.75, 3.05) is 0 Å². The van der Waals surface area contributed by atoms with Crippen LogP contribution in [0.2, 0.25) is 0 Å². The lowest BCUT2D eigenvalue weighted by Crippen LogP contribution is -2.38. The molecule has 16 rings (SSSR count). The predicted octanol–water partition coefficient (Wildman–Crippen LogP) is 11.3. The van der Waals surface area contributed by atoms with Gasteiger partial charge in [-0.25, -0.2) is 4.79 Å². The standard InChI is InChI=1S/C51H35N2O2/c1-52-46-29-27-40-25-26-41-28-30-47(53(2)50(41)49(40)52)39-23-17-35(18-24-39)33-13-19-37(20-14-33)44-7-4-8-45(48(44)51(54)55)43-6-3-5-42(31-43)36-11-9-32(10-12-36)34-15-21-38(46)22-16-34/h3-31H,1-2H3/q+1/p+1. The molecule has 7 aliphatic rings. The fourth-order valence-corrected chi connectivity index (χ4v) is 8.46. The van der Waals surface area contributed by atoms with Gasteiger partial charge in [0.25, 0.3) is 11.0 Å². The normalized spacial score (nSPS) is 11.6. The molecular formula is C51H36N2O2+2. The van der Waals surface area contributed by atoms with Crippen molar-refractivity contribution in [3.05, 3.63) is 181 Å². The van der Waals surface area contributed by atoms with E-state index in [1.807, 2.05) is 42.5 Å². The van der Waals surface area contributed by atoms with Crippen molar-refractivity contribution in [3.63, 3.8) is 0 Å². The minimum atomic E-state index is -0.950. The Morgan fingerprint density at radius 2 is 0.727 bits per heavy atom. The van der Waals surface area contributed by atoms with E-state index in [1.165, 1.54) is 21.8 Å². The first kappa shape index (κ1) is 32.5. The van der Waals surface area contributed by atoms with Gasteiger partial charge >= 0.3 is 5.97 Å². The monoisotopic (exact) mass is 708 g/mol. The third-order valence-electron chi connectivity index (χ3n) is 11.3. The van der Waals surface area contributed by atoms with Gasteiger partial charge in [-0.05, 0) is 110 Å². The zero-order chi connectivity index (χ0) is 37.2. The van der Waals surface area contributed by atoms with Crippen LogP contribution in [0.5, 0.6) is 0 Å². The van der Waals surface area contributed by atoms with E-state index in [2.05, 4.69) is 157 Å². The molecule has 4 nitrogen and oxygen atoms in total. The summed E-state index contributed by atoms with van der Waals surface area (Å²) in [7, 11) is 4.33. The summed E-state index contributed by atoms with van der Waals surface area (Å²) in [5.74, 6) is -0.950. The molecule has 9 heterocycles. The van der Waals surface area contributed by atoms with E-state index in [1.54, 1.807) is 0 Å². The summed E-state index contributed by atoms with van der Waals surface area (Å²) in [5.41, 5.74) is 16.9. The molecule has 0 radical (unpaired) electrons. The van der Waals surface area contributed by atoms with Crippen LogP contribution < -0.4 is 9.13 Å². The molecule has 0 saturated heterocycles. The van der Waals surface area contributed by atoms with Gasteiger partial charge in [0.2, 0.25) is 11.4 Å². The molecule has 0 saturated carbocycles. The van der Waals surface area contributed by atoms with Gasteiger partial charge in [0, 0.05) is 23.3 Å². The fourth-order valence-electron chi connectivity index (χ4n) is 8.46. The summed E-state index contributed by atoms with van der Waals surface area (Å²) in [4.78, 5) is 12.9. The molecule has 0 spiro atoms. The Morgan fingerprint density at radius 3 is 1.18 bits per heavy atom. The molecule has 4 heteroatoms. The third kappa shape index (κ3) is 5.42. The van der Waals surface area contributed by atoms with Crippen LogP contribution in [0.15, 0.2) is 176 Å². The smallest absolute Gasteiger partial charge is 0.336 e. The molecule has 0 aliphatic carbocycles. The van der Waals surface area contributed by atoms with E-state index in [-0.39, 0.29) is 0 Å². The van der Waals surface area contributed by atoms with Crippen LogP contribution in [0.3, 0.4) is 0 Å². The third-order valence-corrected chi connectivity index (χ3v) is 11.3. The van der Waals surface area contributed by atoms with Gasteiger partial charge in [-0.3, -0.25) is 0 Å². The molecule has 0 atom stereocenters. The van der Waals surface area contributed by atoms with Gasteiger partial charge < -0.3 is 5.11 Å². The lowest BCUT2D eigenvalue weighted by atomic mass is 9.90. The number of rotatable bonds is 1. The topological polar surface area (TPSA) is 45.1 Å². The van der Waals surface area contributed by atoms with Crippen molar-refractivity contribution in [3.8, 4) is 78.1 Å². The number of nitrogens with zero attached hydrogens (tertiary/aromatic N) is 2. The Hall–Kier alpha value is -7.17. The van der Waals surface area contributed by atoms with E-state index in [0.29, 0.717) is 16.7 Å². The van der Waals surface area contributed by atoms with Crippen LogP contribution in [-0.4, -0.2) is 11.1 Å². The number of hydrogen-bond donors (Lipinski definition) is 1. The highest BCUT2D eigenvalue weighted by atomic mass is 16.4. The molecule has 0 unspecified atom stereocenters.